The summed E-state index contributed by atoms with van der Waals surface area (Å²) in [5, 5.41) is 19.4. The van der Waals surface area contributed by atoms with E-state index >= 15 is 0 Å². The molecule has 1 saturated heterocycles. The predicted octanol–water partition coefficient (Wildman–Crippen LogP) is 2.67. The van der Waals surface area contributed by atoms with Crippen molar-refractivity contribution in [1.29, 1.82) is 0 Å². The Bertz CT molecular complexity index is 1180. The van der Waals surface area contributed by atoms with Crippen LogP contribution in [0.2, 0.25) is 0 Å². The van der Waals surface area contributed by atoms with E-state index in [0.717, 1.165) is 52.7 Å². The molecule has 7 nitrogen and oxygen atoms in total. The first-order valence-corrected chi connectivity index (χ1v) is 9.11. The Kier molecular flexibility index (Phi) is 3.58. The number of rotatable bonds is 2. The van der Waals surface area contributed by atoms with Crippen LogP contribution in [0.1, 0.15) is 23.6 Å². The third-order valence-corrected chi connectivity index (χ3v) is 5.30. The lowest BCUT2D eigenvalue weighted by atomic mass is 10.0. The summed E-state index contributed by atoms with van der Waals surface area (Å²) in [5.74, 6) is 1.11. The lowest BCUT2D eigenvalue weighted by Crippen LogP contribution is -2.09. The zero-order valence-electron chi connectivity index (χ0n) is 15.3. The molecule has 2 N–H and O–H groups in total. The first kappa shape index (κ1) is 16.1. The minimum atomic E-state index is 0.169. The van der Waals surface area contributed by atoms with Gasteiger partial charge in [0, 0.05) is 42.4 Å². The zero-order valence-corrected chi connectivity index (χ0v) is 15.3. The SMILES string of the molecule is Cc1c(O)c(-c2ncc3nc([C@@H]4CCNC4)ccc3n2)cc2cn(C)nc12. The van der Waals surface area contributed by atoms with Gasteiger partial charge in [-0.05, 0) is 38.1 Å². The van der Waals surface area contributed by atoms with Crippen molar-refractivity contribution in [3.63, 3.8) is 0 Å². The molecular formula is C20H20N6O. The van der Waals surface area contributed by atoms with Crippen LogP contribution >= 0.6 is 0 Å². The van der Waals surface area contributed by atoms with Crippen LogP contribution in [0.4, 0.5) is 0 Å². The summed E-state index contributed by atoms with van der Waals surface area (Å²) in [6.45, 7) is 3.86. The van der Waals surface area contributed by atoms with Crippen LogP contribution in [0.25, 0.3) is 33.3 Å². The summed E-state index contributed by atoms with van der Waals surface area (Å²) in [5.41, 5.74) is 4.77. The maximum Gasteiger partial charge on any atom is 0.163 e. The normalized spacial score (nSPS) is 17.2. The summed E-state index contributed by atoms with van der Waals surface area (Å²) in [6.07, 6.45) is 4.78. The summed E-state index contributed by atoms with van der Waals surface area (Å²) in [4.78, 5) is 13.9. The van der Waals surface area contributed by atoms with Crippen molar-refractivity contribution in [2.75, 3.05) is 13.1 Å². The molecule has 1 aromatic carbocycles. The molecule has 0 saturated carbocycles. The van der Waals surface area contributed by atoms with E-state index in [1.165, 1.54) is 0 Å². The van der Waals surface area contributed by atoms with Crippen molar-refractivity contribution >= 4 is 21.9 Å². The molecule has 4 aromatic rings. The number of aryl methyl sites for hydroxylation is 2. The molecule has 136 valence electrons. The van der Waals surface area contributed by atoms with Gasteiger partial charge in [-0.2, -0.15) is 5.10 Å². The van der Waals surface area contributed by atoms with Crippen LogP contribution in [0.15, 0.2) is 30.6 Å². The first-order chi connectivity index (χ1) is 13.1. The molecule has 0 aliphatic carbocycles. The lowest BCUT2D eigenvalue weighted by molar-refractivity contribution is 0.473. The highest BCUT2D eigenvalue weighted by molar-refractivity contribution is 5.90. The van der Waals surface area contributed by atoms with E-state index in [9.17, 15) is 5.11 Å². The fourth-order valence-corrected chi connectivity index (χ4v) is 3.81. The summed E-state index contributed by atoms with van der Waals surface area (Å²) in [7, 11) is 1.87. The van der Waals surface area contributed by atoms with E-state index < -0.39 is 0 Å². The molecule has 3 aromatic heterocycles. The molecule has 1 aliphatic heterocycles. The third-order valence-electron chi connectivity index (χ3n) is 5.30. The van der Waals surface area contributed by atoms with Gasteiger partial charge in [-0.25, -0.2) is 15.0 Å². The first-order valence-electron chi connectivity index (χ1n) is 9.11. The van der Waals surface area contributed by atoms with Gasteiger partial charge in [-0.15, -0.1) is 0 Å². The van der Waals surface area contributed by atoms with Gasteiger partial charge in [0.25, 0.3) is 0 Å². The molecule has 27 heavy (non-hydrogen) atoms. The van der Waals surface area contributed by atoms with Gasteiger partial charge in [-0.3, -0.25) is 4.68 Å². The standard InChI is InChI=1S/C20H20N6O/c1-11-18-13(10-26(2)25-18)7-14(19(11)27)20-22-9-17-16(24-20)4-3-15(23-17)12-5-6-21-8-12/h3-4,7,9-10,12,21,27H,5-6,8H2,1-2H3/t12-/m1/s1. The molecule has 0 amide bonds. The molecule has 5 rings (SSSR count). The number of phenols is 1. The average Bonchev–Trinajstić information content (AvgIpc) is 3.33. The molecule has 0 unspecified atom stereocenters. The Hall–Kier alpha value is -3.06. The van der Waals surface area contributed by atoms with Crippen molar-refractivity contribution < 1.29 is 5.11 Å². The number of nitrogens with zero attached hydrogens (tertiary/aromatic N) is 5. The van der Waals surface area contributed by atoms with Crippen LogP contribution in [-0.4, -0.2) is 42.9 Å². The van der Waals surface area contributed by atoms with E-state index in [-0.39, 0.29) is 5.75 Å². The van der Waals surface area contributed by atoms with Gasteiger partial charge in [0.05, 0.1) is 22.8 Å². The van der Waals surface area contributed by atoms with Crippen LogP contribution < -0.4 is 5.32 Å². The van der Waals surface area contributed by atoms with Crippen LogP contribution in [0.3, 0.4) is 0 Å². The minimum absolute atomic E-state index is 0.169. The fraction of sp³-hybridized carbons (Fsp3) is 0.300. The fourth-order valence-electron chi connectivity index (χ4n) is 3.81. The largest absolute Gasteiger partial charge is 0.507 e. The highest BCUT2D eigenvalue weighted by Crippen LogP contribution is 2.35. The molecule has 4 heterocycles. The van der Waals surface area contributed by atoms with Gasteiger partial charge in [0.15, 0.2) is 5.82 Å². The Morgan fingerprint density at radius 3 is 2.93 bits per heavy atom. The van der Waals surface area contributed by atoms with Crippen LogP contribution in [0, 0.1) is 6.92 Å². The second-order valence-electron chi connectivity index (χ2n) is 7.16. The number of aromatic nitrogens is 5. The molecule has 0 spiro atoms. The second-order valence-corrected chi connectivity index (χ2v) is 7.16. The van der Waals surface area contributed by atoms with Gasteiger partial charge in [0.1, 0.15) is 11.3 Å². The van der Waals surface area contributed by atoms with Crippen molar-refractivity contribution in [3.8, 4) is 17.1 Å². The zero-order chi connectivity index (χ0) is 18.5. The molecule has 0 radical (unpaired) electrons. The number of pyridine rings is 1. The van der Waals surface area contributed by atoms with Crippen molar-refractivity contribution in [2.24, 2.45) is 7.05 Å². The average molecular weight is 360 g/mol. The monoisotopic (exact) mass is 360 g/mol. The van der Waals surface area contributed by atoms with Gasteiger partial charge < -0.3 is 10.4 Å². The van der Waals surface area contributed by atoms with Gasteiger partial charge in [0.2, 0.25) is 0 Å². The molecule has 1 aliphatic rings. The van der Waals surface area contributed by atoms with E-state index in [2.05, 4.69) is 20.4 Å². The molecular weight excluding hydrogens is 340 g/mol. The molecule has 7 heteroatoms. The van der Waals surface area contributed by atoms with E-state index in [1.54, 1.807) is 10.9 Å². The summed E-state index contributed by atoms with van der Waals surface area (Å²) < 4.78 is 1.74. The Morgan fingerprint density at radius 2 is 2.11 bits per heavy atom. The number of nitrogens with one attached hydrogen (secondary N) is 1. The van der Waals surface area contributed by atoms with E-state index in [1.807, 2.05) is 38.4 Å². The Labute approximate surface area is 156 Å². The third kappa shape index (κ3) is 2.62. The number of hydrogen-bond donors (Lipinski definition) is 2. The topological polar surface area (TPSA) is 88.8 Å². The highest BCUT2D eigenvalue weighted by atomic mass is 16.3. The highest BCUT2D eigenvalue weighted by Gasteiger charge is 2.19. The smallest absolute Gasteiger partial charge is 0.163 e. The summed E-state index contributed by atoms with van der Waals surface area (Å²) >= 11 is 0. The number of fused-ring (bicyclic) bond motifs is 2. The van der Waals surface area contributed by atoms with Gasteiger partial charge >= 0.3 is 0 Å². The van der Waals surface area contributed by atoms with E-state index in [4.69, 9.17) is 4.98 Å². The molecule has 0 bridgehead atoms. The molecule has 1 fully saturated rings. The summed E-state index contributed by atoms with van der Waals surface area (Å²) in [6, 6.07) is 5.93. The maximum absolute atomic E-state index is 10.7. The van der Waals surface area contributed by atoms with Crippen LogP contribution in [-0.2, 0) is 7.05 Å². The van der Waals surface area contributed by atoms with Gasteiger partial charge in [-0.1, -0.05) is 0 Å². The Balaban J connectivity index is 1.61. The van der Waals surface area contributed by atoms with Crippen molar-refractivity contribution in [1.82, 2.24) is 30.0 Å². The second kappa shape index (κ2) is 5.99. The van der Waals surface area contributed by atoms with Crippen molar-refractivity contribution in [2.45, 2.75) is 19.3 Å². The predicted molar refractivity (Wildman–Crippen MR) is 104 cm³/mol. The lowest BCUT2D eigenvalue weighted by Gasteiger charge is -2.10. The number of aromatic hydroxyl groups is 1. The van der Waals surface area contributed by atoms with E-state index in [0.29, 0.717) is 17.3 Å². The number of hydrogen-bond acceptors (Lipinski definition) is 6. The minimum Gasteiger partial charge on any atom is -0.507 e. The molecule has 1 atom stereocenters. The quantitative estimate of drug-likeness (QED) is 0.571. The van der Waals surface area contributed by atoms with Crippen LogP contribution in [0.5, 0.6) is 5.75 Å². The number of phenolic OH excluding ortho intramolecular Hbond substituents is 1. The Morgan fingerprint density at radius 1 is 1.22 bits per heavy atom. The number of benzene rings is 1. The maximum atomic E-state index is 10.7. The van der Waals surface area contributed by atoms with Crippen molar-refractivity contribution in [3.05, 3.63) is 41.9 Å².